The summed E-state index contributed by atoms with van der Waals surface area (Å²) in [6.07, 6.45) is 0. The lowest BCUT2D eigenvalue weighted by Crippen LogP contribution is -1.96. The molecule has 13 aromatic rings. The van der Waals surface area contributed by atoms with Gasteiger partial charge < -0.3 is 8.98 Å². The number of rotatable bonds is 5. The molecule has 0 radical (unpaired) electrons. The van der Waals surface area contributed by atoms with Crippen LogP contribution >= 0.6 is 11.3 Å². The molecule has 0 amide bonds. The second-order valence-electron chi connectivity index (χ2n) is 15.8. The smallest absolute Gasteiger partial charge is 0.160 e. The highest BCUT2D eigenvalue weighted by Crippen LogP contribution is 2.43. The number of thiophene rings is 1. The van der Waals surface area contributed by atoms with Gasteiger partial charge in [-0.25, -0.2) is 9.97 Å². The Hall–Kier alpha value is -7.86. The van der Waals surface area contributed by atoms with E-state index in [1.165, 1.54) is 58.4 Å². The van der Waals surface area contributed by atoms with Crippen molar-refractivity contribution in [3.8, 4) is 50.7 Å². The molecular weight excluding hydrogens is 763 g/mol. The van der Waals surface area contributed by atoms with E-state index in [0.717, 1.165) is 61.1 Å². The van der Waals surface area contributed by atoms with E-state index >= 15 is 0 Å². The monoisotopic (exact) mass is 795 g/mol. The van der Waals surface area contributed by atoms with Crippen LogP contribution in [-0.4, -0.2) is 14.5 Å². The van der Waals surface area contributed by atoms with Crippen molar-refractivity contribution in [3.63, 3.8) is 0 Å². The third-order valence-corrected chi connectivity index (χ3v) is 13.3. The van der Waals surface area contributed by atoms with Crippen LogP contribution in [0.2, 0.25) is 0 Å². The summed E-state index contributed by atoms with van der Waals surface area (Å²) >= 11 is 1.82. The molecule has 9 aromatic carbocycles. The van der Waals surface area contributed by atoms with Gasteiger partial charge in [0, 0.05) is 58.4 Å². The molecule has 5 heteroatoms. The van der Waals surface area contributed by atoms with E-state index in [2.05, 4.69) is 193 Å². The summed E-state index contributed by atoms with van der Waals surface area (Å²) in [5.41, 5.74) is 12.3. The molecule has 0 unspecified atom stereocenters. The van der Waals surface area contributed by atoms with Crippen molar-refractivity contribution >= 4 is 86.0 Å². The summed E-state index contributed by atoms with van der Waals surface area (Å²) in [5, 5.41) is 9.66. The number of hydrogen-bond donors (Lipinski definition) is 0. The maximum Gasteiger partial charge on any atom is 0.160 e. The van der Waals surface area contributed by atoms with Crippen molar-refractivity contribution in [2.75, 3.05) is 0 Å². The maximum atomic E-state index is 6.34. The molecule has 0 saturated heterocycles. The van der Waals surface area contributed by atoms with Gasteiger partial charge in [0.25, 0.3) is 0 Å². The zero-order valence-corrected chi connectivity index (χ0v) is 33.5. The van der Waals surface area contributed by atoms with Crippen molar-refractivity contribution in [2.45, 2.75) is 0 Å². The fourth-order valence-electron chi connectivity index (χ4n) is 9.29. The van der Waals surface area contributed by atoms with Crippen LogP contribution in [0, 0.1) is 0 Å². The Kier molecular flexibility index (Phi) is 7.44. The van der Waals surface area contributed by atoms with Crippen molar-refractivity contribution in [2.24, 2.45) is 0 Å². The number of hydrogen-bond acceptors (Lipinski definition) is 4. The van der Waals surface area contributed by atoms with Gasteiger partial charge in [0.05, 0.1) is 28.1 Å². The SMILES string of the molecule is c1ccc(-c2cccc(-c3cc(-c4ccc5c(c4)oc4ccccc45)nc(-c4ccc5c(c4)sc4cccc(-n6c7ccccc7c7cc8ccccc8cc76)c45)n3)c2)cc1. The summed E-state index contributed by atoms with van der Waals surface area (Å²) in [6, 6.07) is 71.4. The van der Waals surface area contributed by atoms with Crippen LogP contribution in [0.3, 0.4) is 0 Å². The lowest BCUT2D eigenvalue weighted by molar-refractivity contribution is 0.669. The van der Waals surface area contributed by atoms with E-state index in [4.69, 9.17) is 14.4 Å². The summed E-state index contributed by atoms with van der Waals surface area (Å²) in [6.45, 7) is 0. The van der Waals surface area contributed by atoms with Crippen LogP contribution < -0.4 is 0 Å². The average molecular weight is 796 g/mol. The number of fused-ring (bicyclic) bond motifs is 10. The van der Waals surface area contributed by atoms with E-state index < -0.39 is 0 Å². The number of nitrogens with zero attached hydrogens (tertiary/aromatic N) is 3. The summed E-state index contributed by atoms with van der Waals surface area (Å²) in [7, 11) is 0. The molecule has 61 heavy (non-hydrogen) atoms. The quantitative estimate of drug-likeness (QED) is 0.174. The standard InChI is InChI=1S/C56H33N3OS/c1-2-12-34(13-3-1)35-16-10-17-38(28-35)46-33-47(39-24-26-43-42-19-7-9-22-51(42)60-52(43)31-39)58-56(57-46)40-25-27-44-54(32-40)61-53-23-11-21-49(55(44)53)59-48-20-8-6-18-41(48)45-29-36-14-4-5-15-37(36)30-50(45)59/h1-33H. The minimum absolute atomic E-state index is 0.677. The third-order valence-electron chi connectivity index (χ3n) is 12.2. The van der Waals surface area contributed by atoms with Gasteiger partial charge in [-0.2, -0.15) is 0 Å². The first-order valence-electron chi connectivity index (χ1n) is 20.5. The van der Waals surface area contributed by atoms with Crippen molar-refractivity contribution in [1.82, 2.24) is 14.5 Å². The lowest BCUT2D eigenvalue weighted by atomic mass is 10.0. The largest absolute Gasteiger partial charge is 0.456 e. The highest BCUT2D eigenvalue weighted by molar-refractivity contribution is 7.26. The molecule has 4 nitrogen and oxygen atoms in total. The molecule has 13 rings (SSSR count). The molecule has 0 spiro atoms. The Morgan fingerprint density at radius 3 is 1.93 bits per heavy atom. The van der Waals surface area contributed by atoms with Gasteiger partial charge >= 0.3 is 0 Å². The van der Waals surface area contributed by atoms with E-state index in [1.54, 1.807) is 0 Å². The van der Waals surface area contributed by atoms with Crippen molar-refractivity contribution in [3.05, 3.63) is 200 Å². The van der Waals surface area contributed by atoms with Gasteiger partial charge in [-0.1, -0.05) is 133 Å². The molecule has 0 fully saturated rings. The van der Waals surface area contributed by atoms with Gasteiger partial charge in [0.1, 0.15) is 11.2 Å². The predicted molar refractivity (Wildman–Crippen MR) is 256 cm³/mol. The van der Waals surface area contributed by atoms with Gasteiger partial charge in [0.15, 0.2) is 5.82 Å². The number of furan rings is 1. The van der Waals surface area contributed by atoms with Gasteiger partial charge in [0.2, 0.25) is 0 Å². The first-order chi connectivity index (χ1) is 30.2. The van der Waals surface area contributed by atoms with E-state index in [0.29, 0.717) is 5.82 Å². The molecule has 284 valence electrons. The summed E-state index contributed by atoms with van der Waals surface area (Å²) in [5.74, 6) is 0.677. The third kappa shape index (κ3) is 5.45. The Bertz CT molecular complexity index is 3890. The predicted octanol–water partition coefficient (Wildman–Crippen LogP) is 15.7. The minimum atomic E-state index is 0.677. The van der Waals surface area contributed by atoms with E-state index in [-0.39, 0.29) is 0 Å². The van der Waals surface area contributed by atoms with Crippen LogP contribution in [0.15, 0.2) is 205 Å². The molecule has 0 N–H and O–H groups in total. The molecule has 4 aromatic heterocycles. The molecule has 4 heterocycles. The Morgan fingerprint density at radius 2 is 1.05 bits per heavy atom. The van der Waals surface area contributed by atoms with Gasteiger partial charge in [-0.15, -0.1) is 11.3 Å². The molecule has 0 bridgehead atoms. The molecule has 0 atom stereocenters. The second kappa shape index (κ2) is 13.3. The molecule has 0 aliphatic heterocycles. The van der Waals surface area contributed by atoms with Crippen LogP contribution in [0.4, 0.5) is 0 Å². The average Bonchev–Trinajstić information content (AvgIpc) is 4.00. The highest BCUT2D eigenvalue weighted by atomic mass is 32.1. The van der Waals surface area contributed by atoms with Crippen molar-refractivity contribution in [1.29, 1.82) is 0 Å². The minimum Gasteiger partial charge on any atom is -0.456 e. The van der Waals surface area contributed by atoms with E-state index in [9.17, 15) is 0 Å². The summed E-state index contributed by atoms with van der Waals surface area (Å²) in [4.78, 5) is 10.6. The summed E-state index contributed by atoms with van der Waals surface area (Å²) < 4.78 is 11.2. The fraction of sp³-hybridized carbons (Fsp3) is 0. The highest BCUT2D eigenvalue weighted by Gasteiger charge is 2.19. The van der Waals surface area contributed by atoms with Crippen LogP contribution in [0.5, 0.6) is 0 Å². The zero-order valence-electron chi connectivity index (χ0n) is 32.7. The van der Waals surface area contributed by atoms with Crippen molar-refractivity contribution < 1.29 is 4.42 Å². The van der Waals surface area contributed by atoms with Crippen LogP contribution in [0.1, 0.15) is 0 Å². The second-order valence-corrected chi connectivity index (χ2v) is 16.8. The molecule has 0 aliphatic carbocycles. The van der Waals surface area contributed by atoms with Gasteiger partial charge in [-0.05, 0) is 88.6 Å². The van der Waals surface area contributed by atoms with Crippen LogP contribution in [-0.2, 0) is 0 Å². The molecule has 0 saturated carbocycles. The molecular formula is C56H33N3OS. The Morgan fingerprint density at radius 1 is 0.377 bits per heavy atom. The van der Waals surface area contributed by atoms with Gasteiger partial charge in [-0.3, -0.25) is 0 Å². The lowest BCUT2D eigenvalue weighted by Gasteiger charge is -2.12. The topological polar surface area (TPSA) is 43.9 Å². The van der Waals surface area contributed by atoms with Crippen LogP contribution in [0.25, 0.3) is 125 Å². The molecule has 0 aliphatic rings. The zero-order chi connectivity index (χ0) is 40.0. The number of benzene rings is 9. The first kappa shape index (κ1) is 34.0. The fourth-order valence-corrected chi connectivity index (χ4v) is 10.5. The first-order valence-corrected chi connectivity index (χ1v) is 21.4. The Labute approximate surface area is 354 Å². The number of aromatic nitrogens is 3. The Balaban J connectivity index is 0.995. The number of para-hydroxylation sites is 2. The maximum absolute atomic E-state index is 6.34. The van der Waals surface area contributed by atoms with E-state index in [1.807, 2.05) is 23.5 Å². The normalized spacial score (nSPS) is 11.9.